The minimum atomic E-state index is -1.02. The Morgan fingerprint density at radius 1 is 0.949 bits per heavy atom. The van der Waals surface area contributed by atoms with E-state index in [1.165, 1.54) is 31.9 Å². The monoisotopic (exact) mass is 543 g/mol. The van der Waals surface area contributed by atoms with E-state index in [0.717, 1.165) is 51.4 Å². The Bertz CT molecular complexity index is 1060. The van der Waals surface area contributed by atoms with Crippen LogP contribution in [0.3, 0.4) is 0 Å². The molecule has 6 atom stereocenters. The van der Waals surface area contributed by atoms with E-state index in [1.807, 2.05) is 0 Å². The first-order valence-electron chi connectivity index (χ1n) is 14.4. The summed E-state index contributed by atoms with van der Waals surface area (Å²) in [5.41, 5.74) is 1.76. The second-order valence-corrected chi connectivity index (χ2v) is 13.0. The second kappa shape index (κ2) is 11.1. The van der Waals surface area contributed by atoms with E-state index in [0.29, 0.717) is 17.8 Å². The van der Waals surface area contributed by atoms with Crippen LogP contribution in [0.2, 0.25) is 0 Å². The second-order valence-electron chi connectivity index (χ2n) is 13.0. The smallest absolute Gasteiger partial charge is 0.302 e. The highest BCUT2D eigenvalue weighted by molar-refractivity contribution is 5.89. The van der Waals surface area contributed by atoms with Gasteiger partial charge in [-0.25, -0.2) is 0 Å². The van der Waals surface area contributed by atoms with Crippen LogP contribution in [-0.4, -0.2) is 48.7 Å². The Hall–Kier alpha value is -2.64. The molecule has 0 spiro atoms. The first-order chi connectivity index (χ1) is 18.3. The first-order valence-corrected chi connectivity index (χ1v) is 14.4. The van der Waals surface area contributed by atoms with Crippen LogP contribution in [0.5, 0.6) is 0 Å². The predicted molar refractivity (Wildman–Crippen MR) is 145 cm³/mol. The number of esters is 3. The summed E-state index contributed by atoms with van der Waals surface area (Å²) in [6, 6.07) is 0. The third-order valence-electron chi connectivity index (χ3n) is 10.2. The summed E-state index contributed by atoms with van der Waals surface area (Å²) in [6.07, 6.45) is 12.2. The van der Waals surface area contributed by atoms with E-state index in [9.17, 15) is 19.2 Å². The van der Waals surface area contributed by atoms with E-state index < -0.39 is 17.5 Å². The molecule has 8 nitrogen and oxygen atoms in total. The van der Waals surface area contributed by atoms with Crippen molar-refractivity contribution in [2.45, 2.75) is 105 Å². The van der Waals surface area contributed by atoms with Crippen LogP contribution in [-0.2, 0) is 33.4 Å². The molecular formula is C31H45NO7. The van der Waals surface area contributed by atoms with Crippen LogP contribution in [0.4, 0.5) is 0 Å². The molecule has 0 aliphatic heterocycles. The van der Waals surface area contributed by atoms with Crippen molar-refractivity contribution in [1.29, 1.82) is 0 Å². The molecule has 0 heterocycles. The van der Waals surface area contributed by atoms with Gasteiger partial charge in [-0.1, -0.05) is 31.1 Å². The van der Waals surface area contributed by atoms with Gasteiger partial charge in [0.25, 0.3) is 0 Å². The van der Waals surface area contributed by atoms with Crippen LogP contribution in [0, 0.1) is 28.6 Å². The zero-order valence-corrected chi connectivity index (χ0v) is 24.4. The number of amides is 1. The fourth-order valence-electron chi connectivity index (χ4n) is 8.18. The Morgan fingerprint density at radius 3 is 2.18 bits per heavy atom. The lowest BCUT2D eigenvalue weighted by molar-refractivity contribution is -0.150. The third-order valence-corrected chi connectivity index (χ3v) is 10.2. The molecule has 0 aromatic heterocycles. The number of hydrogen-bond acceptors (Lipinski definition) is 7. The molecule has 1 N–H and O–H groups in total. The highest BCUT2D eigenvalue weighted by Gasteiger charge is 2.57. The SMILES string of the molecule is CC(=O)OCC(C)(COC(C)=O)NC(=O)/C=C1/CC[C@H]2[C@@H]3CC=C4C[C@@H](OC(C)=O)CC[C@]4(C)[C@H]3CC[C@]12C. The van der Waals surface area contributed by atoms with Gasteiger partial charge in [0, 0.05) is 33.3 Å². The topological polar surface area (TPSA) is 108 Å². The molecule has 4 rings (SSSR count). The van der Waals surface area contributed by atoms with Gasteiger partial charge < -0.3 is 19.5 Å². The first kappa shape index (κ1) is 29.3. The van der Waals surface area contributed by atoms with Gasteiger partial charge >= 0.3 is 17.9 Å². The highest BCUT2D eigenvalue weighted by atomic mass is 16.6. The molecule has 0 unspecified atom stereocenters. The maximum Gasteiger partial charge on any atom is 0.302 e. The van der Waals surface area contributed by atoms with Crippen LogP contribution in [0.1, 0.15) is 92.9 Å². The van der Waals surface area contributed by atoms with Crippen molar-refractivity contribution in [3.05, 3.63) is 23.3 Å². The average Bonchev–Trinajstić information content (AvgIpc) is 3.17. The Kier molecular flexibility index (Phi) is 8.34. The summed E-state index contributed by atoms with van der Waals surface area (Å²) in [5, 5.41) is 2.95. The maximum atomic E-state index is 13.2. The van der Waals surface area contributed by atoms with Crippen molar-refractivity contribution in [3.63, 3.8) is 0 Å². The van der Waals surface area contributed by atoms with E-state index in [2.05, 4.69) is 25.2 Å². The number of nitrogens with one attached hydrogen (secondary N) is 1. The van der Waals surface area contributed by atoms with E-state index >= 15 is 0 Å². The van der Waals surface area contributed by atoms with E-state index in [-0.39, 0.29) is 42.0 Å². The van der Waals surface area contributed by atoms with Gasteiger partial charge in [0.2, 0.25) is 5.91 Å². The zero-order chi connectivity index (χ0) is 28.6. The number of ether oxygens (including phenoxy) is 3. The van der Waals surface area contributed by atoms with Crippen LogP contribution >= 0.6 is 0 Å². The van der Waals surface area contributed by atoms with Crippen molar-refractivity contribution < 1.29 is 33.4 Å². The minimum absolute atomic E-state index is 0.000797. The molecule has 3 fully saturated rings. The quantitative estimate of drug-likeness (QED) is 0.212. The molecule has 216 valence electrons. The van der Waals surface area contributed by atoms with Gasteiger partial charge in [-0.15, -0.1) is 0 Å². The van der Waals surface area contributed by atoms with Gasteiger partial charge in [-0.3, -0.25) is 19.2 Å². The van der Waals surface area contributed by atoms with Gasteiger partial charge in [0.15, 0.2) is 0 Å². The molecule has 0 radical (unpaired) electrons. The van der Waals surface area contributed by atoms with Crippen molar-refractivity contribution >= 4 is 23.8 Å². The zero-order valence-electron chi connectivity index (χ0n) is 24.4. The fraction of sp³-hybridized carbons (Fsp3) is 0.742. The molecule has 8 heteroatoms. The predicted octanol–water partition coefficient (Wildman–Crippen LogP) is 4.81. The van der Waals surface area contributed by atoms with Crippen LogP contribution in [0.25, 0.3) is 0 Å². The molecule has 0 aromatic rings. The molecule has 0 saturated heterocycles. The molecule has 0 aromatic carbocycles. The summed E-state index contributed by atoms with van der Waals surface area (Å²) in [6.45, 7) is 10.4. The van der Waals surface area contributed by atoms with Gasteiger partial charge in [0.1, 0.15) is 24.9 Å². The molecule has 3 saturated carbocycles. The lowest BCUT2D eigenvalue weighted by Crippen LogP contribution is -2.53. The summed E-state index contributed by atoms with van der Waals surface area (Å²) < 4.78 is 15.9. The largest absolute Gasteiger partial charge is 0.463 e. The fourth-order valence-corrected chi connectivity index (χ4v) is 8.18. The number of hydrogen-bond donors (Lipinski definition) is 1. The standard InChI is InChI=1S/C31H45NO7/c1-19(33)37-17-29(4,18-38-20(2)34)32-28(36)16-23-8-10-26-25-9-7-22-15-24(39-21(3)35)11-13-30(22,5)27(25)12-14-31(23,26)6/h7,16,24-27H,8-15,17-18H2,1-6H3,(H,32,36)/b23-16-/t24-,25-,26-,27-,30-,31+/m0/s1. The third kappa shape index (κ3) is 6.09. The number of carbonyl (C=O) groups excluding carboxylic acids is 4. The lowest BCUT2D eigenvalue weighted by atomic mass is 9.48. The Morgan fingerprint density at radius 2 is 1.56 bits per heavy atom. The highest BCUT2D eigenvalue weighted by Crippen LogP contribution is 2.66. The van der Waals surface area contributed by atoms with Crippen molar-refractivity contribution in [2.75, 3.05) is 13.2 Å². The average molecular weight is 544 g/mol. The van der Waals surface area contributed by atoms with Gasteiger partial charge in [-0.2, -0.15) is 0 Å². The Balaban J connectivity index is 1.48. The molecule has 0 bridgehead atoms. The summed E-state index contributed by atoms with van der Waals surface area (Å²) in [5.74, 6) is 0.337. The molecule has 39 heavy (non-hydrogen) atoms. The van der Waals surface area contributed by atoms with E-state index in [1.54, 1.807) is 13.0 Å². The van der Waals surface area contributed by atoms with Crippen molar-refractivity contribution in [2.24, 2.45) is 28.6 Å². The number of rotatable bonds is 7. The molecule has 4 aliphatic rings. The summed E-state index contributed by atoms with van der Waals surface area (Å²) in [4.78, 5) is 47.6. The van der Waals surface area contributed by atoms with Crippen LogP contribution < -0.4 is 5.32 Å². The summed E-state index contributed by atoms with van der Waals surface area (Å²) in [7, 11) is 0. The summed E-state index contributed by atoms with van der Waals surface area (Å²) >= 11 is 0. The molecule has 1 amide bonds. The molecule has 4 aliphatic carbocycles. The minimum Gasteiger partial charge on any atom is -0.463 e. The number of fused-ring (bicyclic) bond motifs is 5. The van der Waals surface area contributed by atoms with Gasteiger partial charge in [0.05, 0.1) is 0 Å². The van der Waals surface area contributed by atoms with E-state index in [4.69, 9.17) is 14.2 Å². The molecular weight excluding hydrogens is 498 g/mol. The number of allylic oxidation sites excluding steroid dienone is 2. The van der Waals surface area contributed by atoms with Crippen LogP contribution in [0.15, 0.2) is 23.3 Å². The van der Waals surface area contributed by atoms with Crippen molar-refractivity contribution in [1.82, 2.24) is 5.32 Å². The number of carbonyl (C=O) groups is 4. The van der Waals surface area contributed by atoms with Crippen molar-refractivity contribution in [3.8, 4) is 0 Å². The normalized spacial score (nSPS) is 34.6. The maximum absolute atomic E-state index is 13.2. The lowest BCUT2D eigenvalue weighted by Gasteiger charge is -2.57. The Labute approximate surface area is 232 Å². The van der Waals surface area contributed by atoms with Gasteiger partial charge in [-0.05, 0) is 80.5 Å².